The van der Waals surface area contributed by atoms with Crippen molar-refractivity contribution >= 4 is 51.2 Å². The van der Waals surface area contributed by atoms with Gasteiger partial charge in [-0.3, -0.25) is 0 Å². The van der Waals surface area contributed by atoms with Crippen molar-refractivity contribution < 1.29 is 0 Å². The quantitative estimate of drug-likeness (QED) is 0.108. The fourth-order valence-corrected chi connectivity index (χ4v) is 8.45. The van der Waals surface area contributed by atoms with Crippen LogP contribution in [0.2, 0.25) is 0 Å². The number of para-hydroxylation sites is 2. The van der Waals surface area contributed by atoms with E-state index in [4.69, 9.17) is 0 Å². The maximum absolute atomic E-state index is 4.64. The number of anilines is 6. The van der Waals surface area contributed by atoms with Gasteiger partial charge in [-0.25, -0.2) is 0 Å². The Morgan fingerprint density at radius 2 is 0.662 bits per heavy atom. The zero-order chi connectivity index (χ0) is 45.7. The molecule has 0 aliphatic heterocycles. The van der Waals surface area contributed by atoms with Gasteiger partial charge in [0.05, 0.1) is 17.6 Å². The molecule has 0 saturated carbocycles. The van der Waals surface area contributed by atoms with Crippen LogP contribution in [0, 0.1) is 0 Å². The van der Waals surface area contributed by atoms with E-state index in [1.165, 1.54) is 0 Å². The molecule has 0 aliphatic carbocycles. The normalized spacial score (nSPS) is 11.2. The number of benzene rings is 9. The molecule has 8 heteroatoms. The number of hydrogen-bond acceptors (Lipinski definition) is 6. The molecule has 0 radical (unpaired) electrons. The van der Waals surface area contributed by atoms with Gasteiger partial charge in [0, 0.05) is 34.1 Å². The monoisotopic (exact) mass is 876 g/mol. The highest BCUT2D eigenvalue weighted by Crippen LogP contribution is 2.39. The van der Waals surface area contributed by atoms with Crippen LogP contribution in [0.5, 0.6) is 0 Å². The van der Waals surface area contributed by atoms with Crippen molar-refractivity contribution in [2.24, 2.45) is 0 Å². The highest BCUT2D eigenvalue weighted by molar-refractivity contribution is 5.82. The van der Waals surface area contributed by atoms with Crippen molar-refractivity contribution in [2.75, 3.05) is 9.80 Å². The van der Waals surface area contributed by atoms with Gasteiger partial charge in [-0.15, -0.1) is 15.3 Å². The zero-order valence-corrected chi connectivity index (χ0v) is 37.0. The molecule has 68 heavy (non-hydrogen) atoms. The molecule has 2 aromatic heterocycles. The first-order chi connectivity index (χ1) is 33.6. The second-order valence-electron chi connectivity index (χ2n) is 16.3. The number of hydrogen-bond donors (Lipinski definition) is 0. The largest absolute Gasteiger partial charge is 0.311 e. The summed E-state index contributed by atoms with van der Waals surface area (Å²) in [7, 11) is 0. The third kappa shape index (κ3) is 8.60. The summed E-state index contributed by atoms with van der Waals surface area (Å²) in [6.45, 7) is 3.73. The van der Waals surface area contributed by atoms with Gasteiger partial charge in [0.1, 0.15) is 16.7 Å². The molecule has 0 atom stereocenters. The summed E-state index contributed by atoms with van der Waals surface area (Å²) in [5.41, 5.74) is 17.6. The van der Waals surface area contributed by atoms with Gasteiger partial charge >= 0.3 is 0 Å². The lowest BCUT2D eigenvalue weighted by Gasteiger charge is -2.26. The lowest BCUT2D eigenvalue weighted by atomic mass is 10.0. The number of aromatic nitrogens is 6. The first kappa shape index (κ1) is 41.3. The average molecular weight is 877 g/mol. The van der Waals surface area contributed by atoms with Crippen molar-refractivity contribution in [3.8, 4) is 44.8 Å². The lowest BCUT2D eigenvalue weighted by molar-refractivity contribution is 0.750. The Balaban J connectivity index is 0.814. The molecule has 11 rings (SSSR count). The molecule has 2 heterocycles. The maximum Gasteiger partial charge on any atom is 0.113 e. The van der Waals surface area contributed by atoms with Gasteiger partial charge < -0.3 is 9.80 Å². The number of allylic oxidation sites excluding steroid dienone is 2. The lowest BCUT2D eigenvalue weighted by Crippen LogP contribution is -2.10. The van der Waals surface area contributed by atoms with Gasteiger partial charge in [0.25, 0.3) is 0 Å². The molecule has 324 valence electrons. The molecule has 8 nitrogen and oxygen atoms in total. The van der Waals surface area contributed by atoms with E-state index in [2.05, 4.69) is 231 Å². The molecule has 0 unspecified atom stereocenters. The molecule has 9 aromatic carbocycles. The smallest absolute Gasteiger partial charge is 0.113 e. The van der Waals surface area contributed by atoms with E-state index in [9.17, 15) is 0 Å². The standard InChI is InChI=1S/C60H44N8/c1-2-3-12-50-43-61-67(62-50)57-39-27-48(28-40-57)46-23-35-55(36-24-46)65(51-13-6-4-7-14-51)53-31-19-44(20-32-53)45-21-33-54(34-22-45)66(52-15-8-5-9-16-52)56-37-25-47(26-38-56)49-29-41-58(42-30-49)68-63-59-17-10-11-18-60(59)64-68/h2-43H,1H2/b12-3-. The summed E-state index contributed by atoms with van der Waals surface area (Å²) in [4.78, 5) is 7.92. The summed E-state index contributed by atoms with van der Waals surface area (Å²) in [6, 6.07) is 80.7. The van der Waals surface area contributed by atoms with Gasteiger partial charge in [-0.2, -0.15) is 14.7 Å². The van der Waals surface area contributed by atoms with Crippen LogP contribution in [0.4, 0.5) is 34.1 Å². The van der Waals surface area contributed by atoms with Crippen LogP contribution in [0.15, 0.2) is 255 Å². The summed E-state index contributed by atoms with van der Waals surface area (Å²) < 4.78 is 0. The fraction of sp³-hybridized carbons (Fsp3) is 0. The van der Waals surface area contributed by atoms with E-state index >= 15 is 0 Å². The zero-order valence-electron chi connectivity index (χ0n) is 37.0. The minimum Gasteiger partial charge on any atom is -0.311 e. The Kier molecular flexibility index (Phi) is 11.3. The van der Waals surface area contributed by atoms with E-state index < -0.39 is 0 Å². The van der Waals surface area contributed by atoms with Crippen LogP contribution < -0.4 is 9.80 Å². The Bertz CT molecular complexity index is 3440. The summed E-state index contributed by atoms with van der Waals surface area (Å²) >= 11 is 0. The van der Waals surface area contributed by atoms with Crippen LogP contribution in [-0.2, 0) is 0 Å². The molecule has 0 N–H and O–H groups in total. The first-order valence-corrected chi connectivity index (χ1v) is 22.5. The van der Waals surface area contributed by atoms with Crippen LogP contribution >= 0.6 is 0 Å². The van der Waals surface area contributed by atoms with E-state index in [1.807, 2.05) is 48.6 Å². The topological polar surface area (TPSA) is 67.9 Å². The molecule has 0 amide bonds. The van der Waals surface area contributed by atoms with Crippen molar-refractivity contribution in [1.82, 2.24) is 30.0 Å². The Labute approximate surface area is 395 Å². The number of rotatable bonds is 13. The predicted molar refractivity (Wildman–Crippen MR) is 279 cm³/mol. The van der Waals surface area contributed by atoms with Crippen LogP contribution in [-0.4, -0.2) is 30.0 Å². The van der Waals surface area contributed by atoms with Crippen molar-refractivity contribution in [2.45, 2.75) is 0 Å². The van der Waals surface area contributed by atoms with Gasteiger partial charge in [0.2, 0.25) is 0 Å². The third-order valence-electron chi connectivity index (χ3n) is 11.9. The summed E-state index contributed by atoms with van der Waals surface area (Å²) in [5.74, 6) is 0. The Morgan fingerprint density at radius 3 is 1.03 bits per heavy atom. The second-order valence-corrected chi connectivity index (χ2v) is 16.3. The van der Waals surface area contributed by atoms with Crippen molar-refractivity contribution in [1.29, 1.82) is 0 Å². The predicted octanol–water partition coefficient (Wildman–Crippen LogP) is 15.1. The molecule has 0 bridgehead atoms. The highest BCUT2D eigenvalue weighted by Gasteiger charge is 2.16. The minimum atomic E-state index is 0.778. The summed E-state index contributed by atoms with van der Waals surface area (Å²) in [6.07, 6.45) is 7.19. The van der Waals surface area contributed by atoms with Gasteiger partial charge in [0.15, 0.2) is 0 Å². The van der Waals surface area contributed by atoms with Gasteiger partial charge in [-0.05, 0) is 149 Å². The molecule has 0 aliphatic rings. The molecule has 0 fully saturated rings. The molecule has 0 saturated heterocycles. The first-order valence-electron chi connectivity index (χ1n) is 22.5. The van der Waals surface area contributed by atoms with Crippen molar-refractivity contribution in [3.05, 3.63) is 261 Å². The second kappa shape index (κ2) is 18.6. The Hall–Kier alpha value is -9.40. The van der Waals surface area contributed by atoms with Crippen LogP contribution in [0.1, 0.15) is 5.69 Å². The Morgan fingerprint density at radius 1 is 0.338 bits per heavy atom. The van der Waals surface area contributed by atoms with Crippen LogP contribution in [0.3, 0.4) is 0 Å². The molecular weight excluding hydrogens is 833 g/mol. The van der Waals surface area contributed by atoms with E-state index in [1.54, 1.807) is 21.9 Å². The number of fused-ring (bicyclic) bond motifs is 1. The third-order valence-corrected chi connectivity index (χ3v) is 11.9. The van der Waals surface area contributed by atoms with E-state index in [0.29, 0.717) is 0 Å². The average Bonchev–Trinajstić information content (AvgIpc) is 4.08. The van der Waals surface area contributed by atoms with Crippen LogP contribution in [0.25, 0.3) is 61.9 Å². The maximum atomic E-state index is 4.64. The summed E-state index contributed by atoms with van der Waals surface area (Å²) in [5, 5.41) is 18.2. The SMILES string of the molecule is C=C/C=C\c1cnn(-c2ccc(-c3ccc(N(c4ccccc4)c4ccc(-c5ccc(N(c6ccccc6)c6ccc(-c7ccc(-n8nc9ccccc9n8)cc7)cc6)cc5)cc4)cc3)cc2)n1. The van der Waals surface area contributed by atoms with E-state index in [0.717, 1.165) is 95.6 Å². The highest BCUT2D eigenvalue weighted by atomic mass is 15.5. The molecule has 11 aromatic rings. The molecule has 0 spiro atoms. The van der Waals surface area contributed by atoms with E-state index in [-0.39, 0.29) is 0 Å². The fourth-order valence-electron chi connectivity index (χ4n) is 8.45. The number of nitrogens with zero attached hydrogens (tertiary/aromatic N) is 8. The van der Waals surface area contributed by atoms with Crippen molar-refractivity contribution in [3.63, 3.8) is 0 Å². The minimum absolute atomic E-state index is 0.778. The van der Waals surface area contributed by atoms with Gasteiger partial charge in [-0.1, -0.05) is 140 Å². The molecular formula is C60H44N8.